The molecule has 0 aromatic heterocycles. The summed E-state index contributed by atoms with van der Waals surface area (Å²) in [6, 6.07) is 3.55. The Balaban J connectivity index is 3.02. The smallest absolute Gasteiger partial charge is 0.240 e. The highest BCUT2D eigenvalue weighted by Gasteiger charge is 2.22. The van der Waals surface area contributed by atoms with E-state index in [-0.39, 0.29) is 23.1 Å². The molecule has 0 amide bonds. The van der Waals surface area contributed by atoms with Crippen LogP contribution in [0.25, 0.3) is 0 Å². The average Bonchev–Trinajstić information content (AvgIpc) is 2.29. The van der Waals surface area contributed by atoms with Crippen molar-refractivity contribution in [3.8, 4) is 0 Å². The number of rotatable bonds is 5. The molecule has 1 atom stereocenters. The first-order chi connectivity index (χ1) is 8.27. The fraction of sp³-hybridized carbons (Fsp3) is 0.455. The van der Waals surface area contributed by atoms with Crippen molar-refractivity contribution in [1.82, 2.24) is 4.72 Å². The maximum atomic E-state index is 12.0. The monoisotopic (exact) mass is 292 g/mol. The molecule has 0 saturated heterocycles. The molecule has 1 aromatic carbocycles. The van der Waals surface area contributed by atoms with E-state index in [0.717, 1.165) is 0 Å². The summed E-state index contributed by atoms with van der Waals surface area (Å²) in [5.74, 6) is -0.0191. The van der Waals surface area contributed by atoms with E-state index >= 15 is 0 Å². The van der Waals surface area contributed by atoms with E-state index in [1.807, 2.05) is 13.8 Å². The molecule has 18 heavy (non-hydrogen) atoms. The molecule has 0 radical (unpaired) electrons. The van der Waals surface area contributed by atoms with E-state index in [1.54, 1.807) is 0 Å². The highest BCUT2D eigenvalue weighted by molar-refractivity contribution is 7.89. The van der Waals surface area contributed by atoms with Gasteiger partial charge in [0, 0.05) is 6.04 Å². The molecule has 1 rings (SSSR count). The van der Waals surface area contributed by atoms with Gasteiger partial charge in [0.1, 0.15) is 0 Å². The van der Waals surface area contributed by atoms with Crippen molar-refractivity contribution in [1.29, 1.82) is 0 Å². The van der Waals surface area contributed by atoms with Crippen molar-refractivity contribution in [3.05, 3.63) is 23.2 Å². The molecule has 102 valence electrons. The van der Waals surface area contributed by atoms with Crippen LogP contribution in [0.2, 0.25) is 5.02 Å². The number of sulfonamides is 1. The second kappa shape index (κ2) is 5.88. The third-order valence-electron chi connectivity index (χ3n) is 2.59. The fourth-order valence-electron chi connectivity index (χ4n) is 1.34. The predicted octanol–water partition coefficient (Wildman–Crippen LogP) is 1.22. The molecule has 0 spiro atoms. The summed E-state index contributed by atoms with van der Waals surface area (Å²) in [6.45, 7) is 3.37. The number of aliphatic hydroxyl groups excluding tert-OH is 1. The van der Waals surface area contributed by atoms with Gasteiger partial charge < -0.3 is 10.8 Å². The van der Waals surface area contributed by atoms with Gasteiger partial charge in [0.25, 0.3) is 0 Å². The Labute approximate surface area is 112 Å². The largest absolute Gasteiger partial charge is 0.397 e. The molecule has 7 heteroatoms. The first-order valence-electron chi connectivity index (χ1n) is 5.46. The van der Waals surface area contributed by atoms with Crippen LogP contribution in [-0.4, -0.2) is 26.2 Å². The van der Waals surface area contributed by atoms with Crippen LogP contribution in [0.4, 0.5) is 5.69 Å². The van der Waals surface area contributed by atoms with Gasteiger partial charge in [-0.1, -0.05) is 25.4 Å². The van der Waals surface area contributed by atoms with Crippen LogP contribution in [-0.2, 0) is 10.0 Å². The van der Waals surface area contributed by atoms with Crippen molar-refractivity contribution in [2.24, 2.45) is 5.92 Å². The first-order valence-corrected chi connectivity index (χ1v) is 7.32. The number of hydrogen-bond acceptors (Lipinski definition) is 4. The number of halogens is 1. The second-order valence-electron chi connectivity index (χ2n) is 4.34. The Morgan fingerprint density at radius 1 is 1.44 bits per heavy atom. The number of benzene rings is 1. The summed E-state index contributed by atoms with van der Waals surface area (Å²) in [6.07, 6.45) is 0. The Morgan fingerprint density at radius 2 is 2.06 bits per heavy atom. The van der Waals surface area contributed by atoms with Crippen LogP contribution >= 0.6 is 11.6 Å². The zero-order valence-corrected chi connectivity index (χ0v) is 11.8. The molecule has 0 bridgehead atoms. The fourth-order valence-corrected chi connectivity index (χ4v) is 2.87. The number of nitrogen functional groups attached to an aromatic ring is 1. The third-order valence-corrected chi connectivity index (χ3v) is 4.42. The Hall–Kier alpha value is -0.820. The summed E-state index contributed by atoms with van der Waals surface area (Å²) < 4.78 is 26.5. The predicted molar refractivity (Wildman–Crippen MR) is 71.9 cm³/mol. The summed E-state index contributed by atoms with van der Waals surface area (Å²) in [5.41, 5.74) is 5.77. The highest BCUT2D eigenvalue weighted by Crippen LogP contribution is 2.22. The van der Waals surface area contributed by atoms with Crippen LogP contribution in [0.3, 0.4) is 0 Å². The van der Waals surface area contributed by atoms with Gasteiger partial charge in [0.15, 0.2) is 0 Å². The molecular weight excluding hydrogens is 276 g/mol. The summed E-state index contributed by atoms with van der Waals surface area (Å²) in [4.78, 5) is 0.0310. The van der Waals surface area contributed by atoms with Gasteiger partial charge >= 0.3 is 0 Å². The van der Waals surface area contributed by atoms with Crippen molar-refractivity contribution < 1.29 is 13.5 Å². The Morgan fingerprint density at radius 3 is 2.50 bits per heavy atom. The minimum Gasteiger partial charge on any atom is -0.397 e. The lowest BCUT2D eigenvalue weighted by molar-refractivity contribution is 0.227. The molecule has 1 unspecified atom stereocenters. The second-order valence-corrected chi connectivity index (χ2v) is 6.46. The Kier molecular flexibility index (Phi) is 4.98. The lowest BCUT2D eigenvalue weighted by atomic mass is 10.1. The van der Waals surface area contributed by atoms with Crippen molar-refractivity contribution in [2.75, 3.05) is 12.3 Å². The van der Waals surface area contributed by atoms with E-state index in [4.69, 9.17) is 22.4 Å². The van der Waals surface area contributed by atoms with Gasteiger partial charge in [-0.15, -0.1) is 0 Å². The van der Waals surface area contributed by atoms with Gasteiger partial charge in [0.2, 0.25) is 10.0 Å². The zero-order valence-electron chi connectivity index (χ0n) is 10.2. The normalized spacial score (nSPS) is 13.8. The standard InChI is InChI=1S/C11H17ClN2O3S/c1-7(2)11(6-15)14-18(16,17)8-3-4-9(12)10(13)5-8/h3-5,7,11,14-15H,6,13H2,1-2H3. The SMILES string of the molecule is CC(C)C(CO)NS(=O)(=O)c1ccc(Cl)c(N)c1. The lowest BCUT2D eigenvalue weighted by Gasteiger charge is -2.20. The zero-order chi connectivity index (χ0) is 13.9. The summed E-state index contributed by atoms with van der Waals surface area (Å²) in [7, 11) is -3.70. The number of nitrogens with two attached hydrogens (primary N) is 1. The number of aliphatic hydroxyl groups is 1. The van der Waals surface area contributed by atoms with Crippen LogP contribution in [0, 0.1) is 5.92 Å². The summed E-state index contributed by atoms with van der Waals surface area (Å²) in [5, 5.41) is 9.43. The van der Waals surface area contributed by atoms with Crippen LogP contribution in [0.1, 0.15) is 13.8 Å². The highest BCUT2D eigenvalue weighted by atomic mass is 35.5. The van der Waals surface area contributed by atoms with Gasteiger partial charge in [-0.25, -0.2) is 13.1 Å². The van der Waals surface area contributed by atoms with Crippen molar-refractivity contribution in [3.63, 3.8) is 0 Å². The molecule has 0 saturated carbocycles. The molecule has 0 heterocycles. The van der Waals surface area contributed by atoms with Crippen molar-refractivity contribution in [2.45, 2.75) is 24.8 Å². The van der Waals surface area contributed by atoms with E-state index in [2.05, 4.69) is 4.72 Å². The van der Waals surface area contributed by atoms with Gasteiger partial charge in [0.05, 0.1) is 22.2 Å². The topological polar surface area (TPSA) is 92.4 Å². The van der Waals surface area contributed by atoms with Crippen LogP contribution in [0.5, 0.6) is 0 Å². The van der Waals surface area contributed by atoms with E-state index in [1.165, 1.54) is 18.2 Å². The van der Waals surface area contributed by atoms with E-state index in [0.29, 0.717) is 5.02 Å². The minimum atomic E-state index is -3.70. The van der Waals surface area contributed by atoms with E-state index in [9.17, 15) is 8.42 Å². The summed E-state index contributed by atoms with van der Waals surface area (Å²) >= 11 is 5.73. The molecule has 1 aromatic rings. The van der Waals surface area contributed by atoms with Crippen LogP contribution in [0.15, 0.2) is 23.1 Å². The van der Waals surface area contributed by atoms with Crippen molar-refractivity contribution >= 4 is 27.3 Å². The molecule has 0 aliphatic carbocycles. The minimum absolute atomic E-state index is 0.0191. The molecule has 4 N–H and O–H groups in total. The first kappa shape index (κ1) is 15.2. The molecule has 0 aliphatic heterocycles. The van der Waals surface area contributed by atoms with E-state index < -0.39 is 16.1 Å². The number of anilines is 1. The quantitative estimate of drug-likeness (QED) is 0.712. The number of nitrogens with one attached hydrogen (secondary N) is 1. The lowest BCUT2D eigenvalue weighted by Crippen LogP contribution is -2.41. The van der Waals surface area contributed by atoms with Gasteiger partial charge in [-0.2, -0.15) is 0 Å². The van der Waals surface area contributed by atoms with Gasteiger partial charge in [-0.05, 0) is 24.1 Å². The molecular formula is C11H17ClN2O3S. The maximum absolute atomic E-state index is 12.0. The molecule has 5 nitrogen and oxygen atoms in total. The molecule has 0 aliphatic rings. The van der Waals surface area contributed by atoms with Crippen LogP contribution < -0.4 is 10.5 Å². The average molecular weight is 293 g/mol. The van der Waals surface area contributed by atoms with Gasteiger partial charge in [-0.3, -0.25) is 0 Å². The Bertz CT molecular complexity index is 517. The number of hydrogen-bond donors (Lipinski definition) is 3. The molecule has 0 fully saturated rings. The maximum Gasteiger partial charge on any atom is 0.240 e. The third kappa shape index (κ3) is 3.58.